The van der Waals surface area contributed by atoms with Gasteiger partial charge in [0, 0.05) is 11.6 Å². The van der Waals surface area contributed by atoms with Crippen LogP contribution in [-0.2, 0) is 16.6 Å². The number of benzene rings is 3. The van der Waals surface area contributed by atoms with Crippen molar-refractivity contribution in [2.24, 2.45) is 5.10 Å². The summed E-state index contributed by atoms with van der Waals surface area (Å²) in [5, 5.41) is 14.8. The molecule has 0 heterocycles. The van der Waals surface area contributed by atoms with Crippen molar-refractivity contribution in [2.75, 3.05) is 0 Å². The minimum Gasteiger partial charge on any atom is -0.489 e. The van der Waals surface area contributed by atoms with Gasteiger partial charge in [0.1, 0.15) is 12.4 Å². The Kier molecular flexibility index (Phi) is 6.43. The van der Waals surface area contributed by atoms with Crippen molar-refractivity contribution in [2.45, 2.75) is 18.4 Å². The van der Waals surface area contributed by atoms with Crippen LogP contribution in [0.25, 0.3) is 0 Å². The van der Waals surface area contributed by atoms with Gasteiger partial charge in [-0.1, -0.05) is 48.5 Å². The molecule has 0 spiro atoms. The molecule has 0 aliphatic carbocycles. The van der Waals surface area contributed by atoms with Gasteiger partial charge in [0.15, 0.2) is 0 Å². The molecule has 154 valence electrons. The summed E-state index contributed by atoms with van der Waals surface area (Å²) in [6.45, 7) is 1.94. The number of hydrogen-bond acceptors (Lipinski definition) is 6. The Bertz CT molecular complexity index is 1180. The van der Waals surface area contributed by atoms with Crippen molar-refractivity contribution in [3.63, 3.8) is 0 Å². The van der Waals surface area contributed by atoms with E-state index in [1.54, 1.807) is 24.3 Å². The van der Waals surface area contributed by atoms with Crippen LogP contribution in [0.3, 0.4) is 0 Å². The van der Waals surface area contributed by atoms with Crippen molar-refractivity contribution in [1.29, 1.82) is 0 Å². The van der Waals surface area contributed by atoms with Crippen molar-refractivity contribution in [3.8, 4) is 5.75 Å². The molecule has 0 atom stereocenters. The smallest absolute Gasteiger partial charge is 0.276 e. The zero-order chi connectivity index (χ0) is 21.6. The highest BCUT2D eigenvalue weighted by Crippen LogP contribution is 2.22. The van der Waals surface area contributed by atoms with Crippen LogP contribution >= 0.6 is 0 Å². The minimum absolute atomic E-state index is 0.239. The first-order valence-corrected chi connectivity index (χ1v) is 10.4. The zero-order valence-electron chi connectivity index (χ0n) is 16.1. The molecule has 0 unspecified atom stereocenters. The first-order valence-electron chi connectivity index (χ1n) is 8.92. The van der Waals surface area contributed by atoms with Crippen LogP contribution in [0.4, 0.5) is 5.69 Å². The Morgan fingerprint density at radius 1 is 1.07 bits per heavy atom. The maximum absolute atomic E-state index is 12.4. The van der Waals surface area contributed by atoms with Crippen LogP contribution in [0, 0.1) is 17.0 Å². The fraction of sp³-hybridized carbons (Fsp3) is 0.0952. The molecule has 0 radical (unpaired) electrons. The Balaban J connectivity index is 1.67. The molecule has 1 N–H and O–H groups in total. The maximum Gasteiger partial charge on any atom is 0.276 e. The average Bonchev–Trinajstić information content (AvgIpc) is 2.73. The molecule has 9 heteroatoms. The molecule has 0 aliphatic heterocycles. The number of nitrogens with one attached hydrogen (secondary N) is 1. The number of nitro benzene ring substituents is 1. The summed E-state index contributed by atoms with van der Waals surface area (Å²) in [4.78, 5) is 12.2. The van der Waals surface area contributed by atoms with Gasteiger partial charge in [-0.2, -0.15) is 13.5 Å². The van der Waals surface area contributed by atoms with Crippen molar-refractivity contribution in [1.82, 2.24) is 4.83 Å². The SMILES string of the molecule is Cc1ccc(S(=O)(=O)N/N=C/c2cccc(OCc3ccccc3)c2)cc1[N+](=O)[O-]. The first kappa shape index (κ1) is 21.0. The number of hydrazone groups is 1. The zero-order valence-corrected chi connectivity index (χ0v) is 16.9. The second-order valence-corrected chi connectivity index (χ2v) is 8.07. The molecular formula is C21H19N3O5S. The molecule has 0 amide bonds. The van der Waals surface area contributed by atoms with Crippen LogP contribution in [0.15, 0.2) is 82.8 Å². The quantitative estimate of drug-likeness (QED) is 0.335. The average molecular weight is 425 g/mol. The van der Waals surface area contributed by atoms with E-state index in [-0.39, 0.29) is 10.6 Å². The third-order valence-corrected chi connectivity index (χ3v) is 5.40. The summed E-state index contributed by atoms with van der Waals surface area (Å²) in [5.74, 6) is 0.611. The molecule has 3 rings (SSSR count). The van der Waals surface area contributed by atoms with E-state index in [4.69, 9.17) is 4.74 Å². The van der Waals surface area contributed by atoms with E-state index in [1.165, 1.54) is 25.3 Å². The van der Waals surface area contributed by atoms with Crippen LogP contribution in [-0.4, -0.2) is 19.6 Å². The predicted molar refractivity (Wildman–Crippen MR) is 113 cm³/mol. The van der Waals surface area contributed by atoms with Gasteiger partial charge in [0.25, 0.3) is 15.7 Å². The Morgan fingerprint density at radius 2 is 1.83 bits per heavy atom. The molecule has 0 fully saturated rings. The molecule has 0 bridgehead atoms. The predicted octanol–water partition coefficient (Wildman–Crippen LogP) is 3.79. The molecule has 3 aromatic carbocycles. The van der Waals surface area contributed by atoms with Crippen molar-refractivity contribution in [3.05, 3.63) is 99.6 Å². The maximum atomic E-state index is 12.4. The van der Waals surface area contributed by atoms with E-state index >= 15 is 0 Å². The third-order valence-electron chi connectivity index (χ3n) is 4.18. The van der Waals surface area contributed by atoms with Crippen molar-refractivity contribution < 1.29 is 18.1 Å². The number of hydrogen-bond donors (Lipinski definition) is 1. The van der Waals surface area contributed by atoms with Crippen LogP contribution < -0.4 is 9.57 Å². The van der Waals surface area contributed by atoms with Gasteiger partial charge in [0.05, 0.1) is 16.0 Å². The number of nitro groups is 1. The topological polar surface area (TPSA) is 111 Å². The summed E-state index contributed by atoms with van der Waals surface area (Å²) < 4.78 is 30.5. The number of rotatable bonds is 8. The molecule has 0 saturated heterocycles. The number of ether oxygens (including phenoxy) is 1. The lowest BCUT2D eigenvalue weighted by Crippen LogP contribution is -2.18. The van der Waals surface area contributed by atoms with Gasteiger partial charge in [-0.25, -0.2) is 4.83 Å². The van der Waals surface area contributed by atoms with Crippen LogP contribution in [0.5, 0.6) is 5.75 Å². The summed E-state index contributed by atoms with van der Waals surface area (Å²) in [6, 6.07) is 20.4. The molecule has 0 aromatic heterocycles. The van der Waals surface area contributed by atoms with Gasteiger partial charge in [-0.15, -0.1) is 0 Å². The van der Waals surface area contributed by atoms with E-state index in [2.05, 4.69) is 9.93 Å². The molecule has 30 heavy (non-hydrogen) atoms. The number of aryl methyl sites for hydroxylation is 1. The summed E-state index contributed by atoms with van der Waals surface area (Å²) in [7, 11) is -4.04. The lowest BCUT2D eigenvalue weighted by molar-refractivity contribution is -0.385. The highest BCUT2D eigenvalue weighted by atomic mass is 32.2. The largest absolute Gasteiger partial charge is 0.489 e. The fourth-order valence-electron chi connectivity index (χ4n) is 2.60. The van der Waals surface area contributed by atoms with Gasteiger partial charge < -0.3 is 4.74 Å². The summed E-state index contributed by atoms with van der Waals surface area (Å²) >= 11 is 0. The fourth-order valence-corrected chi connectivity index (χ4v) is 3.41. The van der Waals surface area contributed by atoms with E-state index < -0.39 is 14.9 Å². The molecule has 0 aliphatic rings. The van der Waals surface area contributed by atoms with E-state index in [9.17, 15) is 18.5 Å². The normalized spacial score (nSPS) is 11.4. The summed E-state index contributed by atoms with van der Waals surface area (Å²) in [5.41, 5.74) is 1.74. The Hall–Kier alpha value is -3.72. The van der Waals surface area contributed by atoms with Gasteiger partial charge in [0.2, 0.25) is 0 Å². The minimum atomic E-state index is -4.04. The van der Waals surface area contributed by atoms with Crippen LogP contribution in [0.1, 0.15) is 16.7 Å². The third kappa shape index (κ3) is 5.42. The van der Waals surface area contributed by atoms with E-state index in [0.717, 1.165) is 11.6 Å². The molecule has 8 nitrogen and oxygen atoms in total. The molecule has 3 aromatic rings. The van der Waals surface area contributed by atoms with Crippen LogP contribution in [0.2, 0.25) is 0 Å². The second kappa shape index (κ2) is 9.19. The Morgan fingerprint density at radius 3 is 2.57 bits per heavy atom. The highest BCUT2D eigenvalue weighted by Gasteiger charge is 2.19. The van der Waals surface area contributed by atoms with Crippen molar-refractivity contribution >= 4 is 21.9 Å². The molecule has 0 saturated carbocycles. The lowest BCUT2D eigenvalue weighted by Gasteiger charge is -2.07. The molecular weight excluding hydrogens is 406 g/mol. The van der Waals surface area contributed by atoms with E-state index in [1.807, 2.05) is 30.3 Å². The monoisotopic (exact) mass is 425 g/mol. The lowest BCUT2D eigenvalue weighted by atomic mass is 10.2. The number of nitrogens with zero attached hydrogens (tertiary/aromatic N) is 2. The standard InChI is InChI=1S/C21H19N3O5S/c1-16-10-11-20(13-21(16)24(25)26)30(27,28)23-22-14-18-8-5-9-19(12-18)29-15-17-6-3-2-4-7-17/h2-14,23H,15H2,1H3/b22-14+. The highest BCUT2D eigenvalue weighted by molar-refractivity contribution is 7.89. The van der Waals surface area contributed by atoms with E-state index in [0.29, 0.717) is 23.5 Å². The second-order valence-electron chi connectivity index (χ2n) is 6.41. The number of sulfonamides is 1. The Labute approximate surface area is 174 Å². The van der Waals surface area contributed by atoms with Gasteiger partial charge in [-0.05, 0) is 36.2 Å². The first-order chi connectivity index (χ1) is 14.3. The van der Waals surface area contributed by atoms with Gasteiger partial charge in [-0.3, -0.25) is 10.1 Å². The summed E-state index contributed by atoms with van der Waals surface area (Å²) in [6.07, 6.45) is 1.33. The van der Waals surface area contributed by atoms with Gasteiger partial charge >= 0.3 is 0 Å².